The van der Waals surface area contributed by atoms with E-state index in [1.807, 2.05) is 105 Å². The fourth-order valence-corrected chi connectivity index (χ4v) is 6.31. The monoisotopic (exact) mass is 741 g/mol. The van der Waals surface area contributed by atoms with Crippen LogP contribution in [0.15, 0.2) is 107 Å². The van der Waals surface area contributed by atoms with Gasteiger partial charge in [0.1, 0.15) is 43.3 Å². The second kappa shape index (κ2) is 18.6. The number of ether oxygens (including phenoxy) is 5. The Balaban J connectivity index is 1.32. The molecule has 0 spiro atoms. The summed E-state index contributed by atoms with van der Waals surface area (Å²) in [6.07, 6.45) is -1.06. The highest BCUT2D eigenvalue weighted by Crippen LogP contribution is 2.42. The highest BCUT2D eigenvalue weighted by molar-refractivity contribution is 5.78. The van der Waals surface area contributed by atoms with Crippen molar-refractivity contribution in [3.05, 3.63) is 140 Å². The third-order valence-corrected chi connectivity index (χ3v) is 9.58. The highest BCUT2D eigenvalue weighted by Gasteiger charge is 2.44. The van der Waals surface area contributed by atoms with Gasteiger partial charge in [0.05, 0.1) is 19.4 Å². The van der Waals surface area contributed by atoms with E-state index in [1.165, 1.54) is 10.8 Å². The molecule has 286 valence electrons. The van der Waals surface area contributed by atoms with Gasteiger partial charge in [-0.2, -0.15) is 0 Å². The maximum absolute atomic E-state index is 13.2. The van der Waals surface area contributed by atoms with E-state index in [1.54, 1.807) is 6.92 Å². The zero-order valence-corrected chi connectivity index (χ0v) is 30.7. The highest BCUT2D eigenvalue weighted by atomic mass is 16.6. The van der Waals surface area contributed by atoms with Gasteiger partial charge in [0.2, 0.25) is 0 Å². The van der Waals surface area contributed by atoms with Crippen molar-refractivity contribution in [3.8, 4) is 0 Å². The van der Waals surface area contributed by atoms with Crippen LogP contribution in [0.4, 0.5) is 0 Å². The number of H-pyrrole nitrogens is 1. The first-order valence-corrected chi connectivity index (χ1v) is 18.1. The number of benzene rings is 3. The van der Waals surface area contributed by atoms with E-state index in [0.717, 1.165) is 16.7 Å². The first-order chi connectivity index (χ1) is 26.0. The van der Waals surface area contributed by atoms with Crippen LogP contribution in [0.5, 0.6) is 0 Å². The summed E-state index contributed by atoms with van der Waals surface area (Å²) in [5.74, 6) is -2.00. The molecule has 5 rings (SSSR count). The normalized spacial score (nSPS) is 18.0. The number of carbonyl (C=O) groups excluding carboxylic acids is 3. The van der Waals surface area contributed by atoms with Crippen LogP contribution in [0.2, 0.25) is 0 Å². The summed E-state index contributed by atoms with van der Waals surface area (Å²) >= 11 is 0. The van der Waals surface area contributed by atoms with E-state index < -0.39 is 59.2 Å². The molecule has 54 heavy (non-hydrogen) atoms. The van der Waals surface area contributed by atoms with Crippen molar-refractivity contribution < 1.29 is 38.1 Å². The number of hydrogen-bond acceptors (Lipinski definition) is 11. The number of aromatic nitrogens is 2. The van der Waals surface area contributed by atoms with Crippen molar-refractivity contribution in [1.29, 1.82) is 0 Å². The summed E-state index contributed by atoms with van der Waals surface area (Å²) in [6, 6.07) is 28.4. The topological polar surface area (TPSA) is 178 Å². The van der Waals surface area contributed by atoms with Gasteiger partial charge in [0, 0.05) is 18.2 Å². The van der Waals surface area contributed by atoms with Gasteiger partial charge >= 0.3 is 23.6 Å². The zero-order chi connectivity index (χ0) is 38.7. The van der Waals surface area contributed by atoms with E-state index >= 15 is 0 Å². The van der Waals surface area contributed by atoms with Gasteiger partial charge in [-0.3, -0.25) is 28.7 Å². The number of hydrogen-bond donors (Lipinski definition) is 2. The van der Waals surface area contributed by atoms with Gasteiger partial charge in [0.15, 0.2) is 0 Å². The molecule has 2 heterocycles. The zero-order valence-electron chi connectivity index (χ0n) is 30.7. The smallest absolute Gasteiger partial charge is 0.330 e. The average Bonchev–Trinajstić information content (AvgIpc) is 3.59. The first kappa shape index (κ1) is 39.8. The fraction of sp³-hybridized carbons (Fsp3) is 0.390. The molecule has 0 saturated carbocycles. The quantitative estimate of drug-likeness (QED) is 0.0683. The summed E-state index contributed by atoms with van der Waals surface area (Å²) < 4.78 is 30.7. The lowest BCUT2D eigenvalue weighted by atomic mass is 9.80. The Bertz CT molecular complexity index is 1870. The van der Waals surface area contributed by atoms with Crippen molar-refractivity contribution in [2.24, 2.45) is 11.7 Å². The molecule has 0 amide bonds. The Morgan fingerprint density at radius 3 is 1.96 bits per heavy atom. The third-order valence-electron chi connectivity index (χ3n) is 9.58. The Morgan fingerprint density at radius 2 is 1.41 bits per heavy atom. The van der Waals surface area contributed by atoms with Crippen LogP contribution < -0.4 is 17.0 Å². The molecule has 0 unspecified atom stereocenters. The molecule has 1 saturated heterocycles. The Morgan fingerprint density at radius 1 is 0.870 bits per heavy atom. The van der Waals surface area contributed by atoms with E-state index in [9.17, 15) is 24.0 Å². The minimum atomic E-state index is -1.11. The Hall–Kier alpha value is -5.37. The molecule has 1 aromatic heterocycles. The molecular weight excluding hydrogens is 694 g/mol. The molecule has 0 aliphatic carbocycles. The summed E-state index contributed by atoms with van der Waals surface area (Å²) in [6.45, 7) is 4.90. The predicted octanol–water partition coefficient (Wildman–Crippen LogP) is 4.29. The number of nitrogens with zero attached hydrogens (tertiary/aromatic N) is 1. The van der Waals surface area contributed by atoms with Crippen LogP contribution in [0.3, 0.4) is 0 Å². The Labute approximate surface area is 313 Å². The molecule has 3 aromatic carbocycles. The third kappa shape index (κ3) is 9.59. The first-order valence-electron chi connectivity index (χ1n) is 18.1. The number of nitrogens with two attached hydrogens (primary N) is 1. The van der Waals surface area contributed by atoms with E-state index in [0.29, 0.717) is 12.0 Å². The summed E-state index contributed by atoms with van der Waals surface area (Å²) in [4.78, 5) is 65.0. The average molecular weight is 742 g/mol. The van der Waals surface area contributed by atoms with Gasteiger partial charge in [-0.15, -0.1) is 0 Å². The molecule has 0 bridgehead atoms. The fourth-order valence-electron chi connectivity index (χ4n) is 6.31. The molecular formula is C41H47N3O10. The number of nitrogens with one attached hydrogen (secondary N) is 1. The number of rotatable bonds is 17. The number of esters is 3. The summed E-state index contributed by atoms with van der Waals surface area (Å²) in [7, 11) is 0. The number of aromatic amines is 1. The molecule has 3 N–H and O–H groups in total. The number of carbonyl (C=O) groups is 3. The molecule has 0 radical (unpaired) electrons. The summed E-state index contributed by atoms with van der Waals surface area (Å²) in [5.41, 5.74) is 6.42. The molecule has 1 fully saturated rings. The molecule has 13 heteroatoms. The second-order valence-corrected chi connectivity index (χ2v) is 13.3. The lowest BCUT2D eigenvalue weighted by molar-refractivity contribution is -0.159. The molecule has 5 atom stereocenters. The number of aryl methyl sites for hydroxylation is 1. The van der Waals surface area contributed by atoms with Crippen molar-refractivity contribution in [1.82, 2.24) is 9.55 Å². The van der Waals surface area contributed by atoms with Crippen molar-refractivity contribution in [2.45, 2.75) is 76.5 Å². The van der Waals surface area contributed by atoms with Crippen molar-refractivity contribution in [2.75, 3.05) is 19.8 Å². The minimum absolute atomic E-state index is 0.0568. The van der Waals surface area contributed by atoms with Gasteiger partial charge in [-0.25, -0.2) is 4.79 Å². The predicted molar refractivity (Wildman–Crippen MR) is 198 cm³/mol. The minimum Gasteiger partial charge on any atom is -0.462 e. The van der Waals surface area contributed by atoms with Gasteiger partial charge in [-0.05, 0) is 29.5 Å². The SMILES string of the molecule is CC[C@H](C)[C@H](N)C(=O)OCCOC(=O)CCC(=O)O[C@H]1C[C@H](n2cc(C)c(=O)[nH]c2=O)O[C@@H]1COC(c1ccccc1)(c1ccccc1)c1ccccc1. The van der Waals surface area contributed by atoms with Crippen LogP contribution >= 0.6 is 0 Å². The maximum Gasteiger partial charge on any atom is 0.330 e. The van der Waals surface area contributed by atoms with Gasteiger partial charge in [-0.1, -0.05) is 111 Å². The lowest BCUT2D eigenvalue weighted by Gasteiger charge is -2.37. The standard InChI is InChI=1S/C41H47N3O10/c1-4-27(2)37(42)39(48)51-23-22-50-35(45)20-21-36(46)54-32-24-34(44-25-28(3)38(47)43-40(44)49)53-33(32)26-52-41(29-14-8-5-9-15-29,30-16-10-6-11-17-30)31-18-12-7-13-19-31/h5-19,25,27,32-34,37H,4,20-24,26,42H2,1-3H3,(H,43,47,49)/t27-,32-,33+,34+,37-/m0/s1. The molecule has 4 aromatic rings. The largest absolute Gasteiger partial charge is 0.462 e. The second-order valence-electron chi connectivity index (χ2n) is 13.3. The molecule has 1 aliphatic rings. The van der Waals surface area contributed by atoms with Gasteiger partial charge < -0.3 is 29.4 Å². The van der Waals surface area contributed by atoms with Crippen molar-refractivity contribution >= 4 is 17.9 Å². The van der Waals surface area contributed by atoms with Crippen LogP contribution in [0.1, 0.15) is 68.0 Å². The van der Waals surface area contributed by atoms with E-state index in [-0.39, 0.29) is 45.0 Å². The van der Waals surface area contributed by atoms with Crippen LogP contribution in [0.25, 0.3) is 0 Å². The van der Waals surface area contributed by atoms with E-state index in [2.05, 4.69) is 4.98 Å². The van der Waals surface area contributed by atoms with E-state index in [4.69, 9.17) is 29.4 Å². The molecule has 13 nitrogen and oxygen atoms in total. The van der Waals surface area contributed by atoms with Gasteiger partial charge in [0.25, 0.3) is 5.56 Å². The lowest BCUT2D eigenvalue weighted by Crippen LogP contribution is -2.39. The Kier molecular flexibility index (Phi) is 13.7. The molecule has 1 aliphatic heterocycles. The van der Waals surface area contributed by atoms with Crippen molar-refractivity contribution in [3.63, 3.8) is 0 Å². The maximum atomic E-state index is 13.2. The van der Waals surface area contributed by atoms with Crippen LogP contribution in [-0.2, 0) is 43.7 Å². The van der Waals surface area contributed by atoms with Crippen LogP contribution in [-0.4, -0.2) is 65.5 Å². The summed E-state index contributed by atoms with van der Waals surface area (Å²) in [5, 5.41) is 0. The van der Waals surface area contributed by atoms with Crippen LogP contribution in [0, 0.1) is 12.8 Å².